The van der Waals surface area contributed by atoms with Crippen LogP contribution in [0.2, 0.25) is 0 Å². The number of hydrogen-bond acceptors (Lipinski definition) is 6. The molecule has 2 aliphatic heterocycles. The van der Waals surface area contributed by atoms with Gasteiger partial charge < -0.3 is 11.5 Å². The SMILES string of the molecule is Nc1ccc(-c2ccc3c(c2)C(=O)N(c2ccc(N4C(=O)c5ccc(-c6ccc(N)cc6)cc5C4=O)cc2)C3=O)cc1. The molecule has 8 heteroatoms. The largest absolute Gasteiger partial charge is 0.399 e. The summed E-state index contributed by atoms with van der Waals surface area (Å²) in [5.41, 5.74) is 18.0. The topological polar surface area (TPSA) is 127 Å². The van der Waals surface area contributed by atoms with Crippen LogP contribution >= 0.6 is 0 Å². The zero-order valence-electron chi connectivity index (χ0n) is 22.1. The first-order valence-electron chi connectivity index (χ1n) is 13.2. The molecule has 5 aromatic carbocycles. The van der Waals surface area contributed by atoms with Crippen LogP contribution in [0.5, 0.6) is 0 Å². The van der Waals surface area contributed by atoms with Crippen LogP contribution in [0.1, 0.15) is 41.4 Å². The van der Waals surface area contributed by atoms with E-state index in [1.807, 2.05) is 24.3 Å². The average Bonchev–Trinajstić information content (AvgIpc) is 3.41. The summed E-state index contributed by atoms with van der Waals surface area (Å²) in [7, 11) is 0. The number of rotatable bonds is 4. The van der Waals surface area contributed by atoms with Gasteiger partial charge in [-0.1, -0.05) is 36.4 Å². The normalized spacial score (nSPS) is 14.0. The minimum Gasteiger partial charge on any atom is -0.399 e. The van der Waals surface area contributed by atoms with Crippen molar-refractivity contribution in [2.45, 2.75) is 0 Å². The maximum atomic E-state index is 13.4. The Morgan fingerprint density at radius 2 is 0.667 bits per heavy atom. The second-order valence-corrected chi connectivity index (χ2v) is 10.2. The molecule has 202 valence electrons. The van der Waals surface area contributed by atoms with Crippen molar-refractivity contribution in [1.82, 2.24) is 0 Å². The van der Waals surface area contributed by atoms with Crippen LogP contribution in [0, 0.1) is 0 Å². The second-order valence-electron chi connectivity index (χ2n) is 10.2. The van der Waals surface area contributed by atoms with Crippen LogP contribution in [-0.2, 0) is 0 Å². The van der Waals surface area contributed by atoms with Gasteiger partial charge in [-0.25, -0.2) is 9.80 Å². The zero-order chi connectivity index (χ0) is 29.1. The van der Waals surface area contributed by atoms with E-state index >= 15 is 0 Å². The molecule has 0 saturated heterocycles. The molecule has 2 aliphatic rings. The van der Waals surface area contributed by atoms with E-state index < -0.39 is 23.6 Å². The quantitative estimate of drug-likeness (QED) is 0.216. The van der Waals surface area contributed by atoms with E-state index in [-0.39, 0.29) is 0 Å². The van der Waals surface area contributed by atoms with Gasteiger partial charge in [-0.2, -0.15) is 0 Å². The smallest absolute Gasteiger partial charge is 0.266 e. The Labute approximate surface area is 240 Å². The Morgan fingerprint density at radius 3 is 1.02 bits per heavy atom. The van der Waals surface area contributed by atoms with Crippen molar-refractivity contribution >= 4 is 46.4 Å². The number of carbonyl (C=O) groups is 4. The molecule has 0 radical (unpaired) electrons. The number of imide groups is 2. The van der Waals surface area contributed by atoms with Crippen LogP contribution in [0.15, 0.2) is 109 Å². The molecule has 0 aliphatic carbocycles. The van der Waals surface area contributed by atoms with Crippen molar-refractivity contribution in [3.05, 3.63) is 131 Å². The van der Waals surface area contributed by atoms with Gasteiger partial charge in [0.15, 0.2) is 0 Å². The highest BCUT2D eigenvalue weighted by atomic mass is 16.2. The molecule has 8 nitrogen and oxygen atoms in total. The predicted octanol–water partition coefficient (Wildman–Crippen LogP) is 5.79. The Bertz CT molecular complexity index is 1820. The van der Waals surface area contributed by atoms with Crippen LogP contribution < -0.4 is 21.3 Å². The summed E-state index contributed by atoms with van der Waals surface area (Å²) in [5, 5.41) is 0. The molecule has 0 atom stereocenters. The highest BCUT2D eigenvalue weighted by molar-refractivity contribution is 6.36. The maximum absolute atomic E-state index is 13.4. The van der Waals surface area contributed by atoms with Gasteiger partial charge in [0.2, 0.25) is 0 Å². The number of hydrogen-bond donors (Lipinski definition) is 2. The van der Waals surface area contributed by atoms with Crippen LogP contribution in [0.25, 0.3) is 22.3 Å². The minimum atomic E-state index is -0.448. The molecule has 5 aromatic rings. The van der Waals surface area contributed by atoms with Crippen molar-refractivity contribution in [3.8, 4) is 22.3 Å². The number of benzene rings is 5. The van der Waals surface area contributed by atoms with Crippen molar-refractivity contribution in [2.24, 2.45) is 0 Å². The molecule has 0 spiro atoms. The number of anilines is 4. The van der Waals surface area contributed by atoms with Crippen molar-refractivity contribution in [3.63, 3.8) is 0 Å². The summed E-state index contributed by atoms with van der Waals surface area (Å²) in [4.78, 5) is 55.4. The van der Waals surface area contributed by atoms with Gasteiger partial charge >= 0.3 is 0 Å². The molecule has 42 heavy (non-hydrogen) atoms. The van der Waals surface area contributed by atoms with Gasteiger partial charge in [0.05, 0.1) is 33.6 Å². The summed E-state index contributed by atoms with van der Waals surface area (Å²) in [6, 6.07) is 31.0. The Balaban J connectivity index is 1.15. The van der Waals surface area contributed by atoms with Crippen LogP contribution in [0.4, 0.5) is 22.7 Å². The molecule has 0 aromatic heterocycles. The van der Waals surface area contributed by atoms with Crippen molar-refractivity contribution in [2.75, 3.05) is 21.3 Å². The van der Waals surface area contributed by atoms with Crippen molar-refractivity contribution < 1.29 is 19.2 Å². The average molecular weight is 551 g/mol. The maximum Gasteiger partial charge on any atom is 0.266 e. The first-order valence-corrected chi connectivity index (χ1v) is 13.2. The molecule has 2 heterocycles. The molecule has 0 fully saturated rings. The van der Waals surface area contributed by atoms with E-state index in [1.165, 1.54) is 0 Å². The van der Waals surface area contributed by atoms with Gasteiger partial charge in [0.25, 0.3) is 23.6 Å². The third-order valence-electron chi connectivity index (χ3n) is 7.63. The summed E-state index contributed by atoms with van der Waals surface area (Å²) in [6.07, 6.45) is 0. The first kappa shape index (κ1) is 25.0. The lowest BCUT2D eigenvalue weighted by atomic mass is 10.00. The standard InChI is InChI=1S/C34H22N4O4/c35-23-7-1-19(2-8-23)21-5-15-27-29(17-21)33(41)37(31(27)39)25-11-13-26(14-12-25)38-32(40)28-16-6-22(18-30(28)34(38)42)20-3-9-24(36)10-4-20/h1-18H,35-36H2. The summed E-state index contributed by atoms with van der Waals surface area (Å²) < 4.78 is 0. The number of nitrogens with two attached hydrogens (primary N) is 2. The minimum absolute atomic E-state index is 0.302. The van der Waals surface area contributed by atoms with E-state index in [1.54, 1.807) is 84.9 Å². The fraction of sp³-hybridized carbons (Fsp3) is 0. The van der Waals surface area contributed by atoms with Crippen LogP contribution in [0.3, 0.4) is 0 Å². The monoisotopic (exact) mass is 550 g/mol. The molecule has 0 saturated carbocycles. The Morgan fingerprint density at radius 1 is 0.357 bits per heavy atom. The fourth-order valence-corrected chi connectivity index (χ4v) is 5.41. The molecule has 4 amide bonds. The van der Waals surface area contributed by atoms with E-state index in [0.29, 0.717) is 45.0 Å². The number of nitrogens with zero attached hydrogens (tertiary/aromatic N) is 2. The van der Waals surface area contributed by atoms with E-state index in [2.05, 4.69) is 0 Å². The number of fused-ring (bicyclic) bond motifs is 2. The lowest BCUT2D eigenvalue weighted by molar-refractivity contribution is 0.0909. The van der Waals surface area contributed by atoms with Gasteiger partial charge in [-0.15, -0.1) is 0 Å². The van der Waals surface area contributed by atoms with E-state index in [0.717, 1.165) is 32.1 Å². The molecule has 0 unspecified atom stereocenters. The third kappa shape index (κ3) is 3.85. The summed E-state index contributed by atoms with van der Waals surface area (Å²) in [6.45, 7) is 0. The Hall–Kier alpha value is -6.02. The fourth-order valence-electron chi connectivity index (χ4n) is 5.41. The van der Waals surface area contributed by atoms with Crippen molar-refractivity contribution in [1.29, 1.82) is 0 Å². The summed E-state index contributed by atoms with van der Waals surface area (Å²) >= 11 is 0. The van der Waals surface area contributed by atoms with E-state index in [9.17, 15) is 19.2 Å². The third-order valence-corrected chi connectivity index (χ3v) is 7.63. The predicted molar refractivity (Wildman–Crippen MR) is 161 cm³/mol. The highest BCUT2D eigenvalue weighted by Crippen LogP contribution is 2.35. The highest BCUT2D eigenvalue weighted by Gasteiger charge is 2.39. The second kappa shape index (κ2) is 9.28. The lowest BCUT2D eigenvalue weighted by Crippen LogP contribution is -2.30. The zero-order valence-corrected chi connectivity index (χ0v) is 22.1. The molecule has 7 rings (SSSR count). The summed E-state index contributed by atoms with van der Waals surface area (Å²) in [5.74, 6) is -1.78. The lowest BCUT2D eigenvalue weighted by Gasteiger charge is -2.17. The molecular formula is C34H22N4O4. The Kier molecular flexibility index (Phi) is 5.52. The van der Waals surface area contributed by atoms with Gasteiger partial charge in [0, 0.05) is 11.4 Å². The molecule has 0 bridgehead atoms. The number of carbonyl (C=O) groups excluding carboxylic acids is 4. The van der Waals surface area contributed by atoms with E-state index in [4.69, 9.17) is 11.5 Å². The first-order chi connectivity index (χ1) is 20.3. The number of nitrogen functional groups attached to an aromatic ring is 2. The number of amides is 4. The molecule has 4 N–H and O–H groups in total. The van der Waals surface area contributed by atoms with Gasteiger partial charge in [-0.05, 0) is 95.1 Å². The van der Waals surface area contributed by atoms with Gasteiger partial charge in [0.1, 0.15) is 0 Å². The van der Waals surface area contributed by atoms with Crippen LogP contribution in [-0.4, -0.2) is 23.6 Å². The van der Waals surface area contributed by atoms with Gasteiger partial charge in [-0.3, -0.25) is 19.2 Å². The molecular weight excluding hydrogens is 528 g/mol.